The first kappa shape index (κ1) is 15.4. The number of rotatable bonds is 4. The van der Waals surface area contributed by atoms with Gasteiger partial charge in [-0.05, 0) is 63.6 Å². The molecule has 4 heteroatoms. The minimum Gasteiger partial charge on any atom is -0.348 e. The third-order valence-corrected chi connectivity index (χ3v) is 4.83. The maximum absolute atomic E-state index is 12.4. The molecule has 2 unspecified atom stereocenters. The fraction of sp³-hybridized carbons (Fsp3) is 0.562. The number of thioether (sulfide) groups is 1. The smallest absolute Gasteiger partial charge is 0.240 e. The zero-order valence-corrected chi connectivity index (χ0v) is 13.3. The lowest BCUT2D eigenvalue weighted by molar-refractivity contribution is -0.128. The highest BCUT2D eigenvalue weighted by atomic mass is 32.2. The van der Waals surface area contributed by atoms with E-state index in [4.69, 9.17) is 0 Å². The lowest BCUT2D eigenvalue weighted by Crippen LogP contribution is -2.57. The molecule has 0 spiro atoms. The van der Waals surface area contributed by atoms with Crippen LogP contribution in [0.4, 0.5) is 0 Å². The second-order valence-electron chi connectivity index (χ2n) is 5.68. The third kappa shape index (κ3) is 3.55. The van der Waals surface area contributed by atoms with Crippen LogP contribution in [-0.2, 0) is 4.79 Å². The minimum absolute atomic E-state index is 0.0407. The van der Waals surface area contributed by atoms with Gasteiger partial charge in [0.2, 0.25) is 5.91 Å². The number of hydrogen-bond acceptors (Lipinski definition) is 3. The van der Waals surface area contributed by atoms with Gasteiger partial charge in [0.15, 0.2) is 0 Å². The van der Waals surface area contributed by atoms with Crippen LogP contribution in [0.3, 0.4) is 0 Å². The number of hydrogen-bond donors (Lipinski definition) is 2. The van der Waals surface area contributed by atoms with Crippen molar-refractivity contribution in [1.82, 2.24) is 10.6 Å². The molecule has 0 radical (unpaired) electrons. The fourth-order valence-corrected chi connectivity index (χ4v) is 2.99. The van der Waals surface area contributed by atoms with Gasteiger partial charge in [0.25, 0.3) is 0 Å². The fourth-order valence-electron chi connectivity index (χ4n) is 2.58. The van der Waals surface area contributed by atoms with E-state index in [2.05, 4.69) is 41.2 Å². The first-order chi connectivity index (χ1) is 9.55. The first-order valence-corrected chi connectivity index (χ1v) is 8.47. The maximum atomic E-state index is 12.4. The highest BCUT2D eigenvalue weighted by Gasteiger charge is 2.34. The van der Waals surface area contributed by atoms with Crippen molar-refractivity contribution in [2.24, 2.45) is 0 Å². The van der Waals surface area contributed by atoms with E-state index >= 15 is 0 Å². The zero-order valence-electron chi connectivity index (χ0n) is 12.5. The molecule has 0 saturated carbocycles. The zero-order chi connectivity index (χ0) is 14.6. The average Bonchev–Trinajstić information content (AvgIpc) is 2.48. The molecule has 1 saturated heterocycles. The predicted molar refractivity (Wildman–Crippen MR) is 85.0 cm³/mol. The van der Waals surface area contributed by atoms with Gasteiger partial charge in [0.05, 0.1) is 11.6 Å². The molecule has 0 bridgehead atoms. The molecule has 1 aliphatic heterocycles. The normalized spacial score (nSPS) is 24.1. The van der Waals surface area contributed by atoms with Crippen LogP contribution in [-0.4, -0.2) is 24.2 Å². The molecule has 0 aromatic heterocycles. The summed E-state index contributed by atoms with van der Waals surface area (Å²) in [5, 5.41) is 6.49. The molecule has 1 aromatic carbocycles. The molecule has 2 atom stereocenters. The number of benzene rings is 1. The van der Waals surface area contributed by atoms with Crippen molar-refractivity contribution in [2.75, 3.05) is 12.8 Å². The standard InChI is InChI=1S/C16H24N2OS/c1-12(13-6-8-14(20-3)9-7-13)18-15(19)16(2)10-4-5-11-17-16/h6-9,12,17H,4-5,10-11H2,1-3H3,(H,18,19). The van der Waals surface area contributed by atoms with Crippen LogP contribution in [0.15, 0.2) is 29.2 Å². The lowest BCUT2D eigenvalue weighted by atomic mass is 9.89. The largest absolute Gasteiger partial charge is 0.348 e. The minimum atomic E-state index is -0.411. The summed E-state index contributed by atoms with van der Waals surface area (Å²) in [4.78, 5) is 13.7. The van der Waals surface area contributed by atoms with Crippen LogP contribution in [0.25, 0.3) is 0 Å². The molecule has 1 aromatic rings. The topological polar surface area (TPSA) is 41.1 Å². The number of piperidine rings is 1. The highest BCUT2D eigenvalue weighted by Crippen LogP contribution is 2.22. The highest BCUT2D eigenvalue weighted by molar-refractivity contribution is 7.98. The summed E-state index contributed by atoms with van der Waals surface area (Å²) >= 11 is 1.73. The SMILES string of the molecule is CSc1ccc(C(C)NC(=O)C2(C)CCCCN2)cc1. The Morgan fingerprint density at radius 2 is 2.05 bits per heavy atom. The Balaban J connectivity index is 1.99. The van der Waals surface area contributed by atoms with E-state index in [1.165, 1.54) is 4.90 Å². The average molecular weight is 292 g/mol. The third-order valence-electron chi connectivity index (χ3n) is 4.08. The first-order valence-electron chi connectivity index (χ1n) is 7.25. The molecule has 110 valence electrons. The number of amides is 1. The summed E-state index contributed by atoms with van der Waals surface area (Å²) < 4.78 is 0. The number of carbonyl (C=O) groups is 1. The van der Waals surface area contributed by atoms with E-state index in [9.17, 15) is 4.79 Å². The predicted octanol–water partition coefficient (Wildman–Crippen LogP) is 3.12. The van der Waals surface area contributed by atoms with Crippen molar-refractivity contribution in [3.63, 3.8) is 0 Å². The van der Waals surface area contributed by atoms with Crippen LogP contribution in [0.5, 0.6) is 0 Å². The molecule has 3 nitrogen and oxygen atoms in total. The van der Waals surface area contributed by atoms with Crippen LogP contribution in [0.1, 0.15) is 44.7 Å². The van der Waals surface area contributed by atoms with Crippen molar-refractivity contribution < 1.29 is 4.79 Å². The van der Waals surface area contributed by atoms with Crippen LogP contribution < -0.4 is 10.6 Å². The Kier molecular flexibility index (Phi) is 5.11. The molecule has 2 N–H and O–H groups in total. The molecule has 20 heavy (non-hydrogen) atoms. The van der Waals surface area contributed by atoms with Crippen LogP contribution in [0.2, 0.25) is 0 Å². The van der Waals surface area contributed by atoms with E-state index in [1.807, 2.05) is 13.8 Å². The van der Waals surface area contributed by atoms with E-state index in [0.29, 0.717) is 0 Å². The van der Waals surface area contributed by atoms with E-state index in [1.54, 1.807) is 11.8 Å². The van der Waals surface area contributed by atoms with Crippen molar-refractivity contribution in [3.05, 3.63) is 29.8 Å². The van der Waals surface area contributed by atoms with E-state index in [-0.39, 0.29) is 11.9 Å². The van der Waals surface area contributed by atoms with Gasteiger partial charge in [0, 0.05) is 4.90 Å². The van der Waals surface area contributed by atoms with Gasteiger partial charge in [0.1, 0.15) is 0 Å². The molecule has 1 fully saturated rings. The molecule has 1 amide bonds. The Bertz CT molecular complexity index is 452. The summed E-state index contributed by atoms with van der Waals surface area (Å²) in [6.45, 7) is 4.98. The number of nitrogens with one attached hydrogen (secondary N) is 2. The van der Waals surface area contributed by atoms with E-state index < -0.39 is 5.54 Å². The second-order valence-corrected chi connectivity index (χ2v) is 6.56. The van der Waals surface area contributed by atoms with Gasteiger partial charge in [-0.3, -0.25) is 4.79 Å². The number of carbonyl (C=O) groups excluding carboxylic acids is 1. The molecule has 1 heterocycles. The molecule has 2 rings (SSSR count). The lowest BCUT2D eigenvalue weighted by Gasteiger charge is -2.34. The summed E-state index contributed by atoms with van der Waals surface area (Å²) in [5.41, 5.74) is 0.738. The summed E-state index contributed by atoms with van der Waals surface area (Å²) in [5.74, 6) is 0.110. The molecule has 1 aliphatic rings. The maximum Gasteiger partial charge on any atom is 0.240 e. The van der Waals surface area contributed by atoms with Gasteiger partial charge in [-0.1, -0.05) is 12.1 Å². The van der Waals surface area contributed by atoms with Gasteiger partial charge >= 0.3 is 0 Å². The van der Waals surface area contributed by atoms with Gasteiger partial charge in [-0.15, -0.1) is 11.8 Å². The van der Waals surface area contributed by atoms with E-state index in [0.717, 1.165) is 31.4 Å². The summed E-state index contributed by atoms with van der Waals surface area (Å²) in [6, 6.07) is 8.42. The quantitative estimate of drug-likeness (QED) is 0.838. The molecular weight excluding hydrogens is 268 g/mol. The van der Waals surface area contributed by atoms with Crippen LogP contribution in [0, 0.1) is 0 Å². The molecule has 0 aliphatic carbocycles. The Morgan fingerprint density at radius 3 is 2.60 bits per heavy atom. The monoisotopic (exact) mass is 292 g/mol. The Hall–Kier alpha value is -1.00. The molecular formula is C16H24N2OS. The van der Waals surface area contributed by atoms with Gasteiger partial charge in [-0.2, -0.15) is 0 Å². The van der Waals surface area contributed by atoms with Crippen molar-refractivity contribution in [1.29, 1.82) is 0 Å². The van der Waals surface area contributed by atoms with Crippen molar-refractivity contribution in [3.8, 4) is 0 Å². The summed E-state index contributed by atoms with van der Waals surface area (Å²) in [7, 11) is 0. The Labute approximate surface area is 125 Å². The summed E-state index contributed by atoms with van der Waals surface area (Å²) in [6.07, 6.45) is 5.26. The Morgan fingerprint density at radius 1 is 1.35 bits per heavy atom. The van der Waals surface area contributed by atoms with Gasteiger partial charge < -0.3 is 10.6 Å². The van der Waals surface area contributed by atoms with Crippen LogP contribution >= 0.6 is 11.8 Å². The van der Waals surface area contributed by atoms with Crippen molar-refractivity contribution >= 4 is 17.7 Å². The van der Waals surface area contributed by atoms with Crippen molar-refractivity contribution in [2.45, 2.75) is 49.6 Å². The second kappa shape index (κ2) is 6.64. The van der Waals surface area contributed by atoms with Gasteiger partial charge in [-0.25, -0.2) is 0 Å².